The number of carbonyl (C=O) groups excluding carboxylic acids is 1. The fourth-order valence-corrected chi connectivity index (χ4v) is 0.0450. The van der Waals surface area contributed by atoms with Gasteiger partial charge in [-0.2, -0.15) is 0 Å². The highest BCUT2D eigenvalue weighted by Crippen LogP contribution is 1.64. The Labute approximate surface area is 35.1 Å². The molecule has 0 unspecified atom stereocenters. The first kappa shape index (κ1) is 4.96. The number of carbonyl (C=O) groups is 1. The predicted molar refractivity (Wildman–Crippen MR) is 16.0 cm³/mol. The van der Waals surface area contributed by atoms with E-state index in [1.165, 1.54) is 0 Å². The van der Waals surface area contributed by atoms with E-state index in [0.717, 1.165) is 6.26 Å². The maximum atomic E-state index is 9.38. The third-order valence-electron chi connectivity index (χ3n) is 0.146. The first-order chi connectivity index (χ1) is 2.77. The van der Waals surface area contributed by atoms with Gasteiger partial charge in [-0.15, -0.1) is 5.26 Å². The molecule has 0 aromatic rings. The van der Waals surface area contributed by atoms with Crippen molar-refractivity contribution < 1.29 is 9.53 Å². The second kappa shape index (κ2) is 2.21. The summed E-state index contributed by atoms with van der Waals surface area (Å²) in [5.74, 6) is -1.07. The second-order valence-electron chi connectivity index (χ2n) is 0.512. The first-order valence-corrected chi connectivity index (χ1v) is 1.12. The largest absolute Gasteiger partial charge is 0.351 e. The zero-order chi connectivity index (χ0) is 4.99. The van der Waals surface area contributed by atoms with Crippen LogP contribution in [0.5, 0.6) is 0 Å². The zero-order valence-corrected chi connectivity index (χ0v) is 2.84. The summed E-state index contributed by atoms with van der Waals surface area (Å²) < 4.78 is 3.49. The summed E-state index contributed by atoms with van der Waals surface area (Å²) in [6.45, 7) is 4.32. The Balaban J connectivity index is 3.13. The standard InChI is InChI=1S/C3HNO2/c1-3(5)6-2-4/h1H. The van der Waals surface area contributed by atoms with Gasteiger partial charge in [0.05, 0.1) is 6.92 Å². The number of esters is 1. The van der Waals surface area contributed by atoms with E-state index in [2.05, 4.69) is 11.7 Å². The SMILES string of the molecule is [CH]C(=O)OC#N. The summed E-state index contributed by atoms with van der Waals surface area (Å²) in [6.07, 6.45) is 1.09. The van der Waals surface area contributed by atoms with E-state index < -0.39 is 5.97 Å². The minimum Gasteiger partial charge on any atom is -0.351 e. The van der Waals surface area contributed by atoms with Gasteiger partial charge >= 0.3 is 5.97 Å². The van der Waals surface area contributed by atoms with Crippen LogP contribution in [0, 0.1) is 18.4 Å². The Kier molecular flexibility index (Phi) is 1.83. The molecule has 0 aliphatic rings. The van der Waals surface area contributed by atoms with Crippen LogP contribution in [0.1, 0.15) is 0 Å². The Hall–Kier alpha value is -1.04. The van der Waals surface area contributed by atoms with Gasteiger partial charge < -0.3 is 4.74 Å². The quantitative estimate of drug-likeness (QED) is 0.299. The Bertz CT molecular complexity index is 91.5. The van der Waals surface area contributed by atoms with Crippen LogP contribution in [-0.4, -0.2) is 5.97 Å². The number of hydrogen-bond donors (Lipinski definition) is 0. The van der Waals surface area contributed by atoms with Crippen LogP contribution in [-0.2, 0) is 9.53 Å². The third kappa shape index (κ3) is 2.96. The van der Waals surface area contributed by atoms with Crippen molar-refractivity contribution in [3.05, 3.63) is 6.92 Å². The van der Waals surface area contributed by atoms with Crippen molar-refractivity contribution in [1.82, 2.24) is 0 Å². The van der Waals surface area contributed by atoms with Crippen LogP contribution in [0.3, 0.4) is 0 Å². The van der Waals surface area contributed by atoms with E-state index in [4.69, 9.17) is 5.26 Å². The molecule has 2 radical (unpaired) electrons. The van der Waals surface area contributed by atoms with Gasteiger partial charge in [0, 0.05) is 0 Å². The van der Waals surface area contributed by atoms with E-state index in [-0.39, 0.29) is 0 Å². The van der Waals surface area contributed by atoms with Gasteiger partial charge in [-0.25, -0.2) is 0 Å². The van der Waals surface area contributed by atoms with Gasteiger partial charge in [-0.1, -0.05) is 0 Å². The average molecular weight is 83.0 g/mol. The maximum Gasteiger partial charge on any atom is 0.326 e. The van der Waals surface area contributed by atoms with E-state index in [0.29, 0.717) is 0 Å². The molecule has 3 nitrogen and oxygen atoms in total. The average Bonchev–Trinajstić information content (AvgIpc) is 1.35. The highest BCUT2D eigenvalue weighted by molar-refractivity contribution is 5.74. The molecule has 30 valence electrons. The molecule has 0 amide bonds. The first-order valence-electron chi connectivity index (χ1n) is 1.12. The number of nitrogens with zero attached hydrogens (tertiary/aromatic N) is 1. The molecule has 0 rings (SSSR count). The van der Waals surface area contributed by atoms with Crippen molar-refractivity contribution >= 4 is 5.97 Å². The van der Waals surface area contributed by atoms with Crippen molar-refractivity contribution in [3.8, 4) is 6.26 Å². The van der Waals surface area contributed by atoms with Crippen molar-refractivity contribution in [2.45, 2.75) is 0 Å². The summed E-state index contributed by atoms with van der Waals surface area (Å²) in [7, 11) is 0. The Morgan fingerprint density at radius 1 is 2.00 bits per heavy atom. The van der Waals surface area contributed by atoms with Crippen molar-refractivity contribution in [3.63, 3.8) is 0 Å². The number of ether oxygens (including phenoxy) is 1. The second-order valence-corrected chi connectivity index (χ2v) is 0.512. The highest BCUT2D eigenvalue weighted by atomic mass is 16.5. The molecular formula is C3HNO2. The van der Waals surface area contributed by atoms with Gasteiger partial charge in [0.1, 0.15) is 0 Å². The van der Waals surface area contributed by atoms with Crippen LogP contribution >= 0.6 is 0 Å². The predicted octanol–water partition coefficient (Wildman–Crippen LogP) is -0.278. The molecule has 0 fully saturated rings. The lowest BCUT2D eigenvalue weighted by molar-refractivity contribution is -0.131. The lowest BCUT2D eigenvalue weighted by atomic mass is 10.8. The molecular weight excluding hydrogens is 82.0 g/mol. The van der Waals surface area contributed by atoms with Gasteiger partial charge in [0.2, 0.25) is 0 Å². The smallest absolute Gasteiger partial charge is 0.326 e. The number of hydrogen-bond acceptors (Lipinski definition) is 3. The van der Waals surface area contributed by atoms with Crippen LogP contribution in [0.25, 0.3) is 0 Å². The van der Waals surface area contributed by atoms with Crippen molar-refractivity contribution in [2.75, 3.05) is 0 Å². The van der Waals surface area contributed by atoms with E-state index in [9.17, 15) is 4.79 Å². The molecule has 0 aromatic carbocycles. The minimum absolute atomic E-state index is 1.07. The van der Waals surface area contributed by atoms with Gasteiger partial charge in [0.15, 0.2) is 0 Å². The van der Waals surface area contributed by atoms with Gasteiger partial charge in [-0.05, 0) is 0 Å². The lowest BCUT2D eigenvalue weighted by Gasteiger charge is -1.74. The molecule has 0 aliphatic carbocycles. The topological polar surface area (TPSA) is 50.1 Å². The molecule has 0 saturated heterocycles. The highest BCUT2D eigenvalue weighted by Gasteiger charge is 1.83. The maximum absolute atomic E-state index is 9.38. The molecule has 0 aromatic heterocycles. The van der Waals surface area contributed by atoms with Gasteiger partial charge in [-0.3, -0.25) is 4.79 Å². The fraction of sp³-hybridized carbons (Fsp3) is 0. The van der Waals surface area contributed by atoms with Crippen LogP contribution in [0.2, 0.25) is 0 Å². The third-order valence-corrected chi connectivity index (χ3v) is 0.146. The van der Waals surface area contributed by atoms with Crippen LogP contribution in [0.15, 0.2) is 0 Å². The molecule has 0 N–H and O–H groups in total. The molecule has 0 atom stereocenters. The number of rotatable bonds is 0. The van der Waals surface area contributed by atoms with Gasteiger partial charge in [0.25, 0.3) is 6.26 Å². The Morgan fingerprint density at radius 3 is 2.50 bits per heavy atom. The monoisotopic (exact) mass is 83.0 g/mol. The molecule has 0 heterocycles. The van der Waals surface area contributed by atoms with Crippen molar-refractivity contribution in [2.24, 2.45) is 0 Å². The summed E-state index contributed by atoms with van der Waals surface area (Å²) in [5, 5.41) is 7.46. The van der Waals surface area contributed by atoms with E-state index in [1.54, 1.807) is 0 Å². The summed E-state index contributed by atoms with van der Waals surface area (Å²) in [5.41, 5.74) is 0. The molecule has 3 heteroatoms. The normalized spacial score (nSPS) is 6.00. The summed E-state index contributed by atoms with van der Waals surface area (Å²) in [6, 6.07) is 0. The van der Waals surface area contributed by atoms with E-state index >= 15 is 0 Å². The fourth-order valence-electron chi connectivity index (χ4n) is 0.0450. The Morgan fingerprint density at radius 2 is 2.50 bits per heavy atom. The number of nitriles is 1. The van der Waals surface area contributed by atoms with Crippen molar-refractivity contribution in [1.29, 1.82) is 5.26 Å². The lowest BCUT2D eigenvalue weighted by Crippen LogP contribution is -1.88. The van der Waals surface area contributed by atoms with Crippen LogP contribution in [0.4, 0.5) is 0 Å². The molecule has 6 heavy (non-hydrogen) atoms. The van der Waals surface area contributed by atoms with E-state index in [1.807, 2.05) is 0 Å². The summed E-state index contributed by atoms with van der Waals surface area (Å²) in [4.78, 5) is 9.38. The summed E-state index contributed by atoms with van der Waals surface area (Å²) >= 11 is 0. The molecule has 0 aliphatic heterocycles. The van der Waals surface area contributed by atoms with Crippen LogP contribution < -0.4 is 0 Å². The molecule has 0 spiro atoms. The molecule has 0 bridgehead atoms. The minimum atomic E-state index is -1.07. The molecule has 0 saturated carbocycles. The zero-order valence-electron chi connectivity index (χ0n) is 2.84.